The van der Waals surface area contributed by atoms with Crippen LogP contribution in [0.3, 0.4) is 0 Å². The average molecular weight is 351 g/mol. The molecular formula is C19H17N3O2S. The predicted octanol–water partition coefficient (Wildman–Crippen LogP) is 3.12. The van der Waals surface area contributed by atoms with Crippen molar-refractivity contribution >= 4 is 15.7 Å². The second-order valence-electron chi connectivity index (χ2n) is 5.47. The standard InChI is InChI=1S/C19H17N3O2S/c1-15-7-9-18(10-8-15)25(23,24)22-21-19(16-5-3-2-4-6-16)17-11-13-20-14-12-17/h2-14,22H,1H3/b21-19+. The van der Waals surface area contributed by atoms with Gasteiger partial charge in [-0.2, -0.15) is 18.4 Å². The Bertz CT molecular complexity index is 927. The van der Waals surface area contributed by atoms with E-state index in [1.54, 1.807) is 48.8 Å². The molecule has 126 valence electrons. The predicted molar refractivity (Wildman–Crippen MR) is 97.8 cm³/mol. The summed E-state index contributed by atoms with van der Waals surface area (Å²) in [6, 6.07) is 19.6. The van der Waals surface area contributed by atoms with Crippen LogP contribution >= 0.6 is 0 Å². The highest BCUT2D eigenvalue weighted by Gasteiger charge is 2.14. The summed E-state index contributed by atoms with van der Waals surface area (Å²) in [5, 5.41) is 4.19. The van der Waals surface area contributed by atoms with Crippen LogP contribution in [0.5, 0.6) is 0 Å². The largest absolute Gasteiger partial charge is 0.276 e. The lowest BCUT2D eigenvalue weighted by atomic mass is 10.0. The molecule has 0 fully saturated rings. The zero-order chi connectivity index (χ0) is 17.7. The zero-order valence-corrected chi connectivity index (χ0v) is 14.4. The maximum atomic E-state index is 12.5. The van der Waals surface area contributed by atoms with Crippen LogP contribution in [-0.4, -0.2) is 19.1 Å². The first-order valence-electron chi connectivity index (χ1n) is 7.68. The normalized spacial score (nSPS) is 12.0. The molecule has 0 radical (unpaired) electrons. The van der Waals surface area contributed by atoms with E-state index < -0.39 is 10.0 Å². The SMILES string of the molecule is Cc1ccc(S(=O)(=O)N/N=C(\c2ccccc2)c2ccncc2)cc1. The third kappa shape index (κ3) is 4.10. The van der Waals surface area contributed by atoms with Crippen LogP contribution in [0.15, 0.2) is 89.1 Å². The Hall–Kier alpha value is -2.99. The smallest absolute Gasteiger partial charge is 0.265 e. The molecule has 0 aliphatic carbocycles. The van der Waals surface area contributed by atoms with Crippen LogP contribution in [0, 0.1) is 6.92 Å². The Morgan fingerprint density at radius 2 is 1.48 bits per heavy atom. The molecular weight excluding hydrogens is 334 g/mol. The number of benzene rings is 2. The van der Waals surface area contributed by atoms with Crippen LogP contribution in [0.2, 0.25) is 0 Å². The summed E-state index contributed by atoms with van der Waals surface area (Å²) in [6.45, 7) is 1.90. The van der Waals surface area contributed by atoms with Crippen molar-refractivity contribution in [2.24, 2.45) is 5.10 Å². The Labute approximate surface area is 147 Å². The topological polar surface area (TPSA) is 71.4 Å². The van der Waals surface area contributed by atoms with Gasteiger partial charge in [0.2, 0.25) is 0 Å². The lowest BCUT2D eigenvalue weighted by Gasteiger charge is -2.09. The monoisotopic (exact) mass is 351 g/mol. The van der Waals surface area contributed by atoms with Crippen LogP contribution < -0.4 is 4.83 Å². The second-order valence-corrected chi connectivity index (χ2v) is 7.13. The number of nitrogens with zero attached hydrogens (tertiary/aromatic N) is 2. The number of aryl methyl sites for hydroxylation is 1. The van der Waals surface area contributed by atoms with Crippen molar-refractivity contribution in [2.45, 2.75) is 11.8 Å². The second kappa shape index (κ2) is 7.27. The minimum Gasteiger partial charge on any atom is -0.265 e. The quantitative estimate of drug-likeness (QED) is 0.567. The van der Waals surface area contributed by atoms with E-state index in [1.165, 1.54) is 0 Å². The summed E-state index contributed by atoms with van der Waals surface area (Å²) in [5.41, 5.74) is 3.09. The Morgan fingerprint density at radius 3 is 2.12 bits per heavy atom. The van der Waals surface area contributed by atoms with E-state index in [0.29, 0.717) is 5.71 Å². The molecule has 3 rings (SSSR count). The number of rotatable bonds is 5. The van der Waals surface area contributed by atoms with Gasteiger partial charge in [-0.3, -0.25) is 4.98 Å². The number of nitrogens with one attached hydrogen (secondary N) is 1. The van der Waals surface area contributed by atoms with Gasteiger partial charge in [0.05, 0.1) is 10.6 Å². The molecule has 0 saturated carbocycles. The van der Waals surface area contributed by atoms with Crippen LogP contribution in [-0.2, 0) is 10.0 Å². The van der Waals surface area contributed by atoms with Gasteiger partial charge in [0.1, 0.15) is 0 Å². The van der Waals surface area contributed by atoms with E-state index in [4.69, 9.17) is 0 Å². The van der Waals surface area contributed by atoms with Crippen molar-refractivity contribution in [3.05, 3.63) is 95.8 Å². The Kier molecular flexibility index (Phi) is 4.90. The highest BCUT2D eigenvalue weighted by molar-refractivity contribution is 7.89. The number of aromatic nitrogens is 1. The van der Waals surface area contributed by atoms with E-state index in [9.17, 15) is 8.42 Å². The van der Waals surface area contributed by atoms with Gasteiger partial charge in [0.25, 0.3) is 10.0 Å². The average Bonchev–Trinajstić information content (AvgIpc) is 2.64. The summed E-state index contributed by atoms with van der Waals surface area (Å²) >= 11 is 0. The summed E-state index contributed by atoms with van der Waals surface area (Å²) in [5.74, 6) is 0. The highest BCUT2D eigenvalue weighted by Crippen LogP contribution is 2.12. The molecule has 0 atom stereocenters. The fourth-order valence-corrected chi connectivity index (χ4v) is 3.09. The fraction of sp³-hybridized carbons (Fsp3) is 0.0526. The third-order valence-electron chi connectivity index (χ3n) is 3.61. The fourth-order valence-electron chi connectivity index (χ4n) is 2.28. The number of hydrogen-bond acceptors (Lipinski definition) is 4. The minimum atomic E-state index is -3.74. The van der Waals surface area contributed by atoms with Crippen molar-refractivity contribution in [3.8, 4) is 0 Å². The zero-order valence-electron chi connectivity index (χ0n) is 13.6. The van der Waals surface area contributed by atoms with Gasteiger partial charge in [-0.05, 0) is 31.2 Å². The van der Waals surface area contributed by atoms with Crippen LogP contribution in [0.4, 0.5) is 0 Å². The van der Waals surface area contributed by atoms with Gasteiger partial charge >= 0.3 is 0 Å². The molecule has 0 bridgehead atoms. The third-order valence-corrected chi connectivity index (χ3v) is 4.83. The van der Waals surface area contributed by atoms with Gasteiger partial charge in [0.15, 0.2) is 0 Å². The van der Waals surface area contributed by atoms with Gasteiger partial charge in [-0.15, -0.1) is 0 Å². The van der Waals surface area contributed by atoms with Crippen LogP contribution in [0.25, 0.3) is 0 Å². The molecule has 3 aromatic rings. The first kappa shape index (κ1) is 16.9. The molecule has 1 N–H and O–H groups in total. The molecule has 1 heterocycles. The highest BCUT2D eigenvalue weighted by atomic mass is 32.2. The van der Waals surface area contributed by atoms with E-state index in [1.807, 2.05) is 37.3 Å². The van der Waals surface area contributed by atoms with E-state index in [2.05, 4.69) is 14.9 Å². The van der Waals surface area contributed by atoms with Crippen LogP contribution in [0.1, 0.15) is 16.7 Å². The summed E-state index contributed by atoms with van der Waals surface area (Å²) in [6.07, 6.45) is 3.28. The number of hydrazone groups is 1. The Morgan fingerprint density at radius 1 is 0.880 bits per heavy atom. The summed E-state index contributed by atoms with van der Waals surface area (Å²) in [7, 11) is -3.74. The molecule has 0 spiro atoms. The number of hydrogen-bond donors (Lipinski definition) is 1. The molecule has 0 amide bonds. The first-order chi connectivity index (χ1) is 12.1. The van der Waals surface area contributed by atoms with E-state index in [0.717, 1.165) is 16.7 Å². The van der Waals surface area contributed by atoms with E-state index >= 15 is 0 Å². The van der Waals surface area contributed by atoms with E-state index in [-0.39, 0.29) is 4.90 Å². The van der Waals surface area contributed by atoms with Gasteiger partial charge in [-0.1, -0.05) is 48.0 Å². The van der Waals surface area contributed by atoms with Crippen molar-refractivity contribution in [1.29, 1.82) is 0 Å². The van der Waals surface area contributed by atoms with Gasteiger partial charge < -0.3 is 0 Å². The summed E-state index contributed by atoms with van der Waals surface area (Å²) < 4.78 is 25.0. The lowest BCUT2D eigenvalue weighted by molar-refractivity contribution is 0.584. The molecule has 0 saturated heterocycles. The molecule has 25 heavy (non-hydrogen) atoms. The molecule has 0 aliphatic rings. The van der Waals surface area contributed by atoms with Crippen molar-refractivity contribution in [1.82, 2.24) is 9.82 Å². The maximum Gasteiger partial charge on any atom is 0.276 e. The molecule has 0 unspecified atom stereocenters. The molecule has 1 aromatic heterocycles. The Balaban J connectivity index is 1.98. The number of sulfonamides is 1. The molecule has 6 heteroatoms. The molecule has 5 nitrogen and oxygen atoms in total. The number of pyridine rings is 1. The van der Waals surface area contributed by atoms with Crippen molar-refractivity contribution < 1.29 is 8.42 Å². The lowest BCUT2D eigenvalue weighted by Crippen LogP contribution is -2.21. The minimum absolute atomic E-state index is 0.170. The molecule has 0 aliphatic heterocycles. The molecule has 2 aromatic carbocycles. The van der Waals surface area contributed by atoms with Gasteiger partial charge in [-0.25, -0.2) is 0 Å². The van der Waals surface area contributed by atoms with Crippen molar-refractivity contribution in [2.75, 3.05) is 0 Å². The van der Waals surface area contributed by atoms with Crippen molar-refractivity contribution in [3.63, 3.8) is 0 Å². The first-order valence-corrected chi connectivity index (χ1v) is 9.16. The summed E-state index contributed by atoms with van der Waals surface area (Å²) in [4.78, 5) is 6.49. The van der Waals surface area contributed by atoms with Gasteiger partial charge in [0, 0.05) is 23.5 Å². The maximum absolute atomic E-state index is 12.5.